The Morgan fingerprint density at radius 3 is 1.17 bits per heavy atom. The molecule has 0 N–H and O–H groups in total. The normalized spacial score (nSPS) is 24.0. The molecule has 4 heteroatoms. The molecular weight excluding hydrogens is 88.0 g/mol. The summed E-state index contributed by atoms with van der Waals surface area (Å²) < 4.78 is 0. The first-order valence-corrected chi connectivity index (χ1v) is 1.49. The van der Waals surface area contributed by atoms with Gasteiger partial charge in [-0.05, 0) is 0 Å². The molecule has 1 heterocycles. The van der Waals surface area contributed by atoms with Crippen LogP contribution in [0.25, 0.3) is 0 Å². The van der Waals surface area contributed by atoms with Crippen molar-refractivity contribution in [2.75, 3.05) is 13.6 Å². The molecule has 1 fully saturated rings. The molecule has 0 aliphatic carbocycles. The fraction of sp³-hybridized carbons (Fsp3) is 1.00. The maximum absolute atomic E-state index is 4.22. The van der Waals surface area contributed by atoms with E-state index in [-0.39, 0.29) is 13.6 Å². The lowest BCUT2D eigenvalue weighted by molar-refractivity contribution is -0.524. The Morgan fingerprint density at radius 1 is 0.667 bits per heavy atom. The van der Waals surface area contributed by atoms with Crippen LogP contribution in [0, 0.1) is 0 Å². The summed E-state index contributed by atoms with van der Waals surface area (Å²) in [5.74, 6) is 0. The largest absolute Gasteiger partial charge is 0.214 e. The third kappa shape index (κ3) is 0.908. The van der Waals surface area contributed by atoms with E-state index in [4.69, 9.17) is 0 Å². The lowest BCUT2D eigenvalue weighted by atomic mass is 11.4. The van der Waals surface area contributed by atoms with E-state index in [1.165, 1.54) is 0 Å². The summed E-state index contributed by atoms with van der Waals surface area (Å²) in [5.41, 5.74) is 0. The van der Waals surface area contributed by atoms with Gasteiger partial charge < -0.3 is 0 Å². The Hall–Kier alpha value is -0.160. The van der Waals surface area contributed by atoms with Gasteiger partial charge in [0.05, 0.1) is 0 Å². The molecule has 0 aromatic rings. The highest BCUT2D eigenvalue weighted by atomic mass is 17.4. The van der Waals surface area contributed by atoms with Crippen molar-refractivity contribution < 1.29 is 19.6 Å². The zero-order valence-electron chi connectivity index (χ0n) is 3.05. The molecule has 1 rings (SSSR count). The molecule has 1 saturated heterocycles. The van der Waals surface area contributed by atoms with Gasteiger partial charge in [0.15, 0.2) is 0 Å². The van der Waals surface area contributed by atoms with Gasteiger partial charge >= 0.3 is 0 Å². The molecule has 0 unspecified atom stereocenters. The summed E-state index contributed by atoms with van der Waals surface area (Å²) >= 11 is 0. The van der Waals surface area contributed by atoms with E-state index in [2.05, 4.69) is 19.6 Å². The molecule has 4 nitrogen and oxygen atoms in total. The summed E-state index contributed by atoms with van der Waals surface area (Å²) in [5, 5.41) is 0. The summed E-state index contributed by atoms with van der Waals surface area (Å²) in [6.45, 7) is 0.111. The van der Waals surface area contributed by atoms with Crippen molar-refractivity contribution in [2.24, 2.45) is 0 Å². The SMILES string of the molecule is C1OOCOO1. The van der Waals surface area contributed by atoms with Gasteiger partial charge in [0.25, 0.3) is 0 Å². The minimum absolute atomic E-state index is 0.0556. The first kappa shape index (κ1) is 4.01. The van der Waals surface area contributed by atoms with Crippen molar-refractivity contribution in [1.82, 2.24) is 0 Å². The highest BCUT2D eigenvalue weighted by Gasteiger charge is 1.95. The van der Waals surface area contributed by atoms with Gasteiger partial charge in [-0.1, -0.05) is 0 Å². The van der Waals surface area contributed by atoms with Gasteiger partial charge in [0.2, 0.25) is 13.6 Å². The monoisotopic (exact) mass is 92.0 g/mol. The van der Waals surface area contributed by atoms with Crippen LogP contribution in [-0.4, -0.2) is 13.6 Å². The van der Waals surface area contributed by atoms with Gasteiger partial charge in [-0.3, -0.25) is 0 Å². The van der Waals surface area contributed by atoms with E-state index in [1.54, 1.807) is 0 Å². The van der Waals surface area contributed by atoms with Crippen LogP contribution in [0.4, 0.5) is 0 Å². The topological polar surface area (TPSA) is 36.9 Å². The quantitative estimate of drug-likeness (QED) is 0.388. The Bertz CT molecular complexity index is 21.0. The molecular formula is C2H4O4. The van der Waals surface area contributed by atoms with Gasteiger partial charge in [-0.15, -0.1) is 0 Å². The third-order valence-electron chi connectivity index (χ3n) is 0.359. The number of rotatable bonds is 0. The molecule has 0 aromatic heterocycles. The van der Waals surface area contributed by atoms with Crippen LogP contribution in [0.5, 0.6) is 0 Å². The Balaban J connectivity index is 2.00. The van der Waals surface area contributed by atoms with Crippen molar-refractivity contribution in [3.05, 3.63) is 0 Å². The van der Waals surface area contributed by atoms with Crippen molar-refractivity contribution in [3.8, 4) is 0 Å². The van der Waals surface area contributed by atoms with E-state index in [0.29, 0.717) is 0 Å². The summed E-state index contributed by atoms with van der Waals surface area (Å²) in [7, 11) is 0. The van der Waals surface area contributed by atoms with E-state index in [9.17, 15) is 0 Å². The molecule has 0 saturated carbocycles. The second-order valence-corrected chi connectivity index (χ2v) is 0.707. The molecule has 0 bridgehead atoms. The molecule has 6 heavy (non-hydrogen) atoms. The predicted octanol–water partition coefficient (Wildman–Crippen LogP) is -0.189. The zero-order valence-corrected chi connectivity index (χ0v) is 3.05. The molecule has 1 aliphatic rings. The fourth-order valence-corrected chi connectivity index (χ4v) is 0.175. The highest BCUT2D eigenvalue weighted by Crippen LogP contribution is 1.89. The lowest BCUT2D eigenvalue weighted by Crippen LogP contribution is -2.11. The average Bonchev–Trinajstić information content (AvgIpc) is 1.72. The zero-order chi connectivity index (χ0) is 4.24. The summed E-state index contributed by atoms with van der Waals surface area (Å²) in [6, 6.07) is 0. The van der Waals surface area contributed by atoms with Crippen LogP contribution in [0.15, 0.2) is 0 Å². The molecule has 0 aromatic carbocycles. The molecule has 36 valence electrons. The van der Waals surface area contributed by atoms with E-state index in [0.717, 1.165) is 0 Å². The van der Waals surface area contributed by atoms with Gasteiger partial charge in [0, 0.05) is 0 Å². The van der Waals surface area contributed by atoms with E-state index < -0.39 is 0 Å². The van der Waals surface area contributed by atoms with Crippen molar-refractivity contribution in [1.29, 1.82) is 0 Å². The average molecular weight is 92.0 g/mol. The Kier molecular flexibility index (Phi) is 1.40. The molecule has 0 amide bonds. The standard InChI is InChI=1S/C2H4O4/c1-3-5-2-6-4-1/h1-2H2. The Morgan fingerprint density at radius 2 is 1.00 bits per heavy atom. The summed E-state index contributed by atoms with van der Waals surface area (Å²) in [6.07, 6.45) is 0. The molecule has 0 spiro atoms. The second-order valence-electron chi connectivity index (χ2n) is 0.707. The van der Waals surface area contributed by atoms with Crippen molar-refractivity contribution in [3.63, 3.8) is 0 Å². The van der Waals surface area contributed by atoms with Crippen LogP contribution in [0.1, 0.15) is 0 Å². The summed E-state index contributed by atoms with van der Waals surface area (Å²) in [4.78, 5) is 16.9. The van der Waals surface area contributed by atoms with Crippen LogP contribution in [-0.2, 0) is 19.6 Å². The third-order valence-corrected chi connectivity index (χ3v) is 0.359. The molecule has 0 radical (unpaired) electrons. The first-order chi connectivity index (χ1) is 3.00. The van der Waals surface area contributed by atoms with Gasteiger partial charge in [-0.2, -0.15) is 0 Å². The van der Waals surface area contributed by atoms with Crippen molar-refractivity contribution in [2.45, 2.75) is 0 Å². The predicted molar refractivity (Wildman–Crippen MR) is 14.1 cm³/mol. The van der Waals surface area contributed by atoms with Crippen LogP contribution >= 0.6 is 0 Å². The van der Waals surface area contributed by atoms with Crippen LogP contribution in [0.2, 0.25) is 0 Å². The van der Waals surface area contributed by atoms with E-state index >= 15 is 0 Å². The van der Waals surface area contributed by atoms with Gasteiger partial charge in [0.1, 0.15) is 0 Å². The number of hydrogen-bond acceptors (Lipinski definition) is 4. The van der Waals surface area contributed by atoms with Crippen LogP contribution in [0.3, 0.4) is 0 Å². The number of hydrogen-bond donors (Lipinski definition) is 0. The van der Waals surface area contributed by atoms with Gasteiger partial charge in [-0.25, -0.2) is 19.6 Å². The maximum atomic E-state index is 4.22. The fourth-order valence-electron chi connectivity index (χ4n) is 0.175. The first-order valence-electron chi connectivity index (χ1n) is 1.49. The molecule has 1 aliphatic heterocycles. The minimum Gasteiger partial charge on any atom is -0.202 e. The second kappa shape index (κ2) is 2.09. The maximum Gasteiger partial charge on any atom is 0.214 e. The van der Waals surface area contributed by atoms with E-state index in [1.807, 2.05) is 0 Å². The Labute approximate surface area is 34.4 Å². The minimum atomic E-state index is 0.0556. The van der Waals surface area contributed by atoms with Crippen LogP contribution < -0.4 is 0 Å². The lowest BCUT2D eigenvalue weighted by Gasteiger charge is -2.07. The smallest absolute Gasteiger partial charge is 0.202 e. The molecule has 0 atom stereocenters. The van der Waals surface area contributed by atoms with Crippen molar-refractivity contribution >= 4 is 0 Å². The highest BCUT2D eigenvalue weighted by molar-refractivity contribution is 3.87.